The summed E-state index contributed by atoms with van der Waals surface area (Å²) in [4.78, 5) is 28.7. The number of carbonyl (C=O) groups is 1. The summed E-state index contributed by atoms with van der Waals surface area (Å²) >= 11 is 1.54. The predicted octanol–water partition coefficient (Wildman–Crippen LogP) is 4.05. The van der Waals surface area contributed by atoms with Gasteiger partial charge in [-0.25, -0.2) is 9.97 Å². The van der Waals surface area contributed by atoms with Crippen molar-refractivity contribution in [3.63, 3.8) is 0 Å². The van der Waals surface area contributed by atoms with Gasteiger partial charge in [-0.1, -0.05) is 61.2 Å². The van der Waals surface area contributed by atoms with Gasteiger partial charge in [0, 0.05) is 57.6 Å². The highest BCUT2D eigenvalue weighted by atomic mass is 32.2. The van der Waals surface area contributed by atoms with E-state index in [0.29, 0.717) is 18.1 Å². The van der Waals surface area contributed by atoms with Gasteiger partial charge in [-0.2, -0.15) is 0 Å². The van der Waals surface area contributed by atoms with Gasteiger partial charge in [0.05, 0.1) is 5.75 Å². The van der Waals surface area contributed by atoms with Gasteiger partial charge in [-0.3, -0.25) is 9.69 Å². The number of hydrogen-bond acceptors (Lipinski definition) is 8. The molecule has 8 nitrogen and oxygen atoms in total. The second-order valence-corrected chi connectivity index (χ2v) is 10.5. The van der Waals surface area contributed by atoms with E-state index in [1.807, 2.05) is 31.1 Å². The Morgan fingerprint density at radius 1 is 1.11 bits per heavy atom. The SMILES string of the molecule is CCc1cc(N2CCN(C/C=C/c3ccccc3)CC2)nc(SCc2ccc(C(=O)NCCN(C)C)o2)n1. The van der Waals surface area contributed by atoms with Crippen LogP contribution in [0.15, 0.2) is 64.2 Å². The standard InChI is InChI=1S/C29H38N6O2S/c1-4-24-21-27(35-19-17-34(18-20-35)15-8-11-23-9-6-5-7-10-23)32-29(31-24)38-22-25-12-13-26(37-25)28(36)30-14-16-33(2)3/h5-13,21H,4,14-20,22H2,1-3H3,(H,30,36)/b11-8+. The van der Waals surface area contributed by atoms with Crippen molar-refractivity contribution < 1.29 is 9.21 Å². The summed E-state index contributed by atoms with van der Waals surface area (Å²) < 4.78 is 5.78. The number of carbonyl (C=O) groups excluding carboxylic acids is 1. The average molecular weight is 535 g/mol. The summed E-state index contributed by atoms with van der Waals surface area (Å²) in [6, 6.07) is 16.1. The lowest BCUT2D eigenvalue weighted by Gasteiger charge is -2.35. The van der Waals surface area contributed by atoms with Crippen molar-refractivity contribution in [3.8, 4) is 0 Å². The molecule has 0 radical (unpaired) electrons. The molecule has 1 amide bonds. The van der Waals surface area contributed by atoms with Gasteiger partial charge in [-0.05, 0) is 38.2 Å². The molecule has 4 rings (SSSR count). The van der Waals surface area contributed by atoms with Crippen LogP contribution in [0.3, 0.4) is 0 Å². The Kier molecular flexibility index (Phi) is 10.4. The van der Waals surface area contributed by atoms with E-state index >= 15 is 0 Å². The number of benzene rings is 1. The molecule has 1 fully saturated rings. The van der Waals surface area contributed by atoms with Crippen LogP contribution < -0.4 is 10.2 Å². The molecule has 202 valence electrons. The Balaban J connectivity index is 1.29. The van der Waals surface area contributed by atoms with Crippen molar-refractivity contribution in [1.29, 1.82) is 0 Å². The number of hydrogen-bond donors (Lipinski definition) is 1. The van der Waals surface area contributed by atoms with Crippen molar-refractivity contribution >= 4 is 29.6 Å². The molecule has 2 aromatic heterocycles. The second kappa shape index (κ2) is 14.1. The highest BCUT2D eigenvalue weighted by Gasteiger charge is 2.19. The van der Waals surface area contributed by atoms with Crippen molar-refractivity contribution in [1.82, 2.24) is 25.1 Å². The van der Waals surface area contributed by atoms with E-state index in [1.54, 1.807) is 6.07 Å². The molecule has 0 bridgehead atoms. The zero-order chi connectivity index (χ0) is 26.7. The average Bonchev–Trinajstić information content (AvgIpc) is 3.42. The molecule has 9 heteroatoms. The zero-order valence-corrected chi connectivity index (χ0v) is 23.4. The van der Waals surface area contributed by atoms with E-state index in [9.17, 15) is 4.79 Å². The van der Waals surface area contributed by atoms with Crippen LogP contribution in [0.2, 0.25) is 0 Å². The summed E-state index contributed by atoms with van der Waals surface area (Å²) in [5.41, 5.74) is 2.27. The van der Waals surface area contributed by atoms with E-state index in [0.717, 1.165) is 68.1 Å². The van der Waals surface area contributed by atoms with Gasteiger partial charge in [-0.15, -0.1) is 0 Å². The Bertz CT molecular complexity index is 1190. The largest absolute Gasteiger partial charge is 0.455 e. The molecule has 1 aromatic carbocycles. The minimum absolute atomic E-state index is 0.190. The number of amides is 1. The maximum atomic E-state index is 12.3. The van der Waals surface area contributed by atoms with E-state index in [4.69, 9.17) is 14.4 Å². The van der Waals surface area contributed by atoms with Gasteiger partial charge in [0.25, 0.3) is 5.91 Å². The van der Waals surface area contributed by atoms with Crippen molar-refractivity contribution in [3.05, 3.63) is 77.4 Å². The minimum atomic E-state index is -0.190. The van der Waals surface area contributed by atoms with Crippen LogP contribution in [-0.4, -0.2) is 85.6 Å². The first-order valence-electron chi connectivity index (χ1n) is 13.2. The first kappa shape index (κ1) is 27.9. The van der Waals surface area contributed by atoms with Gasteiger partial charge < -0.3 is 19.5 Å². The monoisotopic (exact) mass is 534 g/mol. The molecule has 0 unspecified atom stereocenters. The number of thioether (sulfide) groups is 1. The topological polar surface area (TPSA) is 77.7 Å². The fraction of sp³-hybridized carbons (Fsp3) is 0.414. The number of nitrogens with one attached hydrogen (secondary N) is 1. The lowest BCUT2D eigenvalue weighted by Crippen LogP contribution is -2.46. The highest BCUT2D eigenvalue weighted by Crippen LogP contribution is 2.25. The van der Waals surface area contributed by atoms with E-state index in [-0.39, 0.29) is 5.91 Å². The Morgan fingerprint density at radius 2 is 1.89 bits per heavy atom. The van der Waals surface area contributed by atoms with Crippen LogP contribution >= 0.6 is 11.8 Å². The quantitative estimate of drug-likeness (QED) is 0.276. The lowest BCUT2D eigenvalue weighted by molar-refractivity contribution is 0.0922. The summed E-state index contributed by atoms with van der Waals surface area (Å²) in [5, 5.41) is 3.62. The van der Waals surface area contributed by atoms with Gasteiger partial charge in [0.2, 0.25) is 0 Å². The normalized spacial score (nSPS) is 14.5. The van der Waals surface area contributed by atoms with Crippen molar-refractivity contribution in [2.75, 3.05) is 64.8 Å². The van der Waals surface area contributed by atoms with Crippen LogP contribution in [0.25, 0.3) is 6.08 Å². The van der Waals surface area contributed by atoms with Gasteiger partial charge in [0.1, 0.15) is 11.6 Å². The lowest BCUT2D eigenvalue weighted by atomic mass is 10.2. The first-order chi connectivity index (χ1) is 18.5. The smallest absolute Gasteiger partial charge is 0.287 e. The van der Waals surface area contributed by atoms with Crippen LogP contribution in [0.5, 0.6) is 0 Å². The van der Waals surface area contributed by atoms with Crippen molar-refractivity contribution in [2.24, 2.45) is 0 Å². The molecule has 3 aromatic rings. The molecule has 0 spiro atoms. The number of aromatic nitrogens is 2. The molecular formula is C29H38N6O2S. The van der Waals surface area contributed by atoms with Gasteiger partial charge >= 0.3 is 0 Å². The summed E-state index contributed by atoms with van der Waals surface area (Å²) in [5.74, 6) is 2.43. The number of aryl methyl sites for hydroxylation is 1. The van der Waals surface area contributed by atoms with Crippen LogP contribution in [-0.2, 0) is 12.2 Å². The number of likely N-dealkylation sites (N-methyl/N-ethyl adjacent to an activating group) is 1. The molecule has 38 heavy (non-hydrogen) atoms. The summed E-state index contributed by atoms with van der Waals surface area (Å²) in [6.45, 7) is 8.30. The molecule has 1 aliphatic rings. The van der Waals surface area contributed by atoms with Gasteiger partial charge in [0.15, 0.2) is 10.9 Å². The van der Waals surface area contributed by atoms with Crippen LogP contribution in [0.4, 0.5) is 5.82 Å². The predicted molar refractivity (Wildman–Crippen MR) is 155 cm³/mol. The zero-order valence-electron chi connectivity index (χ0n) is 22.6. The Hall–Kier alpha value is -3.14. The maximum absolute atomic E-state index is 12.3. The van der Waals surface area contributed by atoms with Crippen LogP contribution in [0.1, 0.15) is 34.5 Å². The number of rotatable bonds is 12. The number of furan rings is 1. The number of anilines is 1. The third-order valence-electron chi connectivity index (χ3n) is 6.35. The van der Waals surface area contributed by atoms with Crippen LogP contribution in [0, 0.1) is 0 Å². The maximum Gasteiger partial charge on any atom is 0.287 e. The molecule has 0 atom stereocenters. The Morgan fingerprint density at radius 3 is 2.63 bits per heavy atom. The third-order valence-corrected chi connectivity index (χ3v) is 7.22. The molecule has 1 aliphatic heterocycles. The summed E-state index contributed by atoms with van der Waals surface area (Å²) in [7, 11) is 3.95. The minimum Gasteiger partial charge on any atom is -0.455 e. The third kappa shape index (κ3) is 8.44. The number of nitrogens with zero attached hydrogens (tertiary/aromatic N) is 5. The Labute approximate surface area is 230 Å². The fourth-order valence-corrected chi connectivity index (χ4v) is 4.89. The van der Waals surface area contributed by atoms with Crippen molar-refractivity contribution in [2.45, 2.75) is 24.3 Å². The van der Waals surface area contributed by atoms with E-state index in [2.05, 4.69) is 64.5 Å². The number of piperazine rings is 1. The van der Waals surface area contributed by atoms with E-state index < -0.39 is 0 Å². The van der Waals surface area contributed by atoms with E-state index in [1.165, 1.54) is 17.3 Å². The summed E-state index contributed by atoms with van der Waals surface area (Å²) in [6.07, 6.45) is 5.28. The second-order valence-electron chi connectivity index (χ2n) is 9.57. The molecular weight excluding hydrogens is 496 g/mol. The molecule has 1 saturated heterocycles. The molecule has 1 N–H and O–H groups in total. The molecule has 0 saturated carbocycles. The fourth-order valence-electron chi connectivity index (χ4n) is 4.12. The molecule has 0 aliphatic carbocycles. The highest BCUT2D eigenvalue weighted by molar-refractivity contribution is 7.98. The molecule has 3 heterocycles. The first-order valence-corrected chi connectivity index (χ1v) is 14.2.